The van der Waals surface area contributed by atoms with Gasteiger partial charge in [0.05, 0.1) is 24.0 Å². The number of carbonyl (C=O) groups excluding carboxylic acids is 1. The van der Waals surface area contributed by atoms with Gasteiger partial charge >= 0.3 is 11.7 Å². The molecule has 11 nitrogen and oxygen atoms in total. The van der Waals surface area contributed by atoms with Crippen LogP contribution in [0.25, 0.3) is 27.3 Å². The smallest absolute Gasteiger partial charge is 0.348 e. The molecule has 0 saturated heterocycles. The first-order valence-electron chi connectivity index (χ1n) is 10.3. The van der Waals surface area contributed by atoms with Gasteiger partial charge in [0, 0.05) is 5.56 Å². The van der Waals surface area contributed by atoms with Crippen molar-refractivity contribution in [1.82, 2.24) is 29.4 Å². The number of hydrogen-bond donors (Lipinski definition) is 0. The summed E-state index contributed by atoms with van der Waals surface area (Å²) < 4.78 is 8.11. The van der Waals surface area contributed by atoms with E-state index in [0.717, 1.165) is 22.1 Å². The van der Waals surface area contributed by atoms with Gasteiger partial charge in [-0.05, 0) is 31.9 Å². The Morgan fingerprint density at radius 1 is 1.18 bits per heavy atom. The van der Waals surface area contributed by atoms with Crippen LogP contribution in [-0.4, -0.2) is 47.4 Å². The lowest BCUT2D eigenvalue weighted by Crippen LogP contribution is -2.04. The van der Waals surface area contributed by atoms with E-state index in [4.69, 9.17) is 9.72 Å². The summed E-state index contributed by atoms with van der Waals surface area (Å²) in [6.07, 6.45) is 1.58. The Balaban J connectivity index is 1.48. The molecule has 1 aromatic carbocycles. The van der Waals surface area contributed by atoms with Gasteiger partial charge in [0.1, 0.15) is 27.4 Å². The van der Waals surface area contributed by atoms with Crippen molar-refractivity contribution >= 4 is 38.9 Å². The second-order valence-corrected chi connectivity index (χ2v) is 8.81. The normalized spacial score (nSPS) is 11.4. The Hall–Kier alpha value is -4.19. The summed E-state index contributed by atoms with van der Waals surface area (Å²) in [5.74, 6) is 0.120. The molecule has 0 radical (unpaired) electrons. The molecule has 172 valence electrons. The van der Waals surface area contributed by atoms with Crippen LogP contribution in [0.1, 0.15) is 32.2 Å². The van der Waals surface area contributed by atoms with Crippen LogP contribution in [0.4, 0.5) is 5.69 Å². The van der Waals surface area contributed by atoms with Crippen LogP contribution in [0.5, 0.6) is 0 Å². The number of fused-ring (bicyclic) bond motifs is 3. The first kappa shape index (κ1) is 21.6. The fourth-order valence-electron chi connectivity index (χ4n) is 3.98. The number of nitrogens with zero attached hydrogens (tertiary/aromatic N) is 7. The molecule has 0 aliphatic carbocycles. The van der Waals surface area contributed by atoms with E-state index < -0.39 is 10.9 Å². The van der Waals surface area contributed by atoms with E-state index in [1.54, 1.807) is 29.4 Å². The molecule has 0 aliphatic rings. The van der Waals surface area contributed by atoms with E-state index in [0.29, 0.717) is 39.1 Å². The molecule has 0 fully saturated rings. The number of methoxy groups -OCH3 is 1. The van der Waals surface area contributed by atoms with Gasteiger partial charge < -0.3 is 4.74 Å². The second-order valence-electron chi connectivity index (χ2n) is 7.81. The zero-order chi connectivity index (χ0) is 24.1. The summed E-state index contributed by atoms with van der Waals surface area (Å²) in [5.41, 5.74) is 4.08. The third kappa shape index (κ3) is 3.39. The molecule has 0 amide bonds. The highest BCUT2D eigenvalue weighted by Crippen LogP contribution is 2.33. The zero-order valence-electron chi connectivity index (χ0n) is 18.8. The van der Waals surface area contributed by atoms with Gasteiger partial charge in [0.2, 0.25) is 0 Å². The van der Waals surface area contributed by atoms with Crippen molar-refractivity contribution < 1.29 is 14.5 Å². The quantitative estimate of drug-likeness (QED) is 0.212. The lowest BCUT2D eigenvalue weighted by atomic mass is 10.1. The standard InChI is InChI=1S/C22H19N7O4S/c1-11-16-20-24-19(26-28(20)10-23-21(16)34-18(11)22(30)33-4)15-7-5-14(6-8-15)9-27-13(3)17(29(31)32)12(2)25-27/h5-8,10H,9H2,1-4H3. The Bertz CT molecular complexity index is 1600. The van der Waals surface area contributed by atoms with Gasteiger partial charge in [0.15, 0.2) is 11.5 Å². The van der Waals surface area contributed by atoms with Crippen molar-refractivity contribution in [2.45, 2.75) is 27.3 Å². The van der Waals surface area contributed by atoms with Crippen molar-refractivity contribution in [2.24, 2.45) is 0 Å². The molecule has 5 rings (SSSR count). The number of aromatic nitrogens is 6. The molecule has 0 aliphatic heterocycles. The lowest BCUT2D eigenvalue weighted by Gasteiger charge is -2.04. The first-order chi connectivity index (χ1) is 16.3. The molecule has 0 saturated carbocycles. The molecule has 0 bridgehead atoms. The van der Waals surface area contributed by atoms with Gasteiger partial charge in [-0.1, -0.05) is 24.3 Å². The van der Waals surface area contributed by atoms with Gasteiger partial charge in [-0.3, -0.25) is 14.8 Å². The molecule has 0 unspecified atom stereocenters. The van der Waals surface area contributed by atoms with Crippen LogP contribution >= 0.6 is 11.3 Å². The second kappa shape index (κ2) is 7.99. The number of rotatable bonds is 5. The summed E-state index contributed by atoms with van der Waals surface area (Å²) in [6.45, 7) is 5.59. The van der Waals surface area contributed by atoms with Gasteiger partial charge in [-0.15, -0.1) is 16.4 Å². The number of ether oxygens (including phenoxy) is 1. The van der Waals surface area contributed by atoms with E-state index in [2.05, 4.69) is 15.2 Å². The Morgan fingerprint density at radius 3 is 2.56 bits per heavy atom. The monoisotopic (exact) mass is 477 g/mol. The van der Waals surface area contributed by atoms with Crippen LogP contribution < -0.4 is 0 Å². The highest BCUT2D eigenvalue weighted by molar-refractivity contribution is 7.20. The molecule has 4 heterocycles. The maximum atomic E-state index is 12.1. The average molecular weight is 478 g/mol. The Labute approximate surface area is 196 Å². The number of esters is 1. The van der Waals surface area contributed by atoms with E-state index in [1.807, 2.05) is 31.2 Å². The van der Waals surface area contributed by atoms with Gasteiger partial charge in [-0.2, -0.15) is 5.10 Å². The van der Waals surface area contributed by atoms with Crippen molar-refractivity contribution in [3.8, 4) is 11.4 Å². The number of benzene rings is 1. The maximum absolute atomic E-state index is 12.1. The van der Waals surface area contributed by atoms with Gasteiger partial charge in [0.25, 0.3) is 0 Å². The maximum Gasteiger partial charge on any atom is 0.348 e. The minimum absolute atomic E-state index is 0.0459. The lowest BCUT2D eigenvalue weighted by molar-refractivity contribution is -0.386. The molecule has 5 aromatic rings. The highest BCUT2D eigenvalue weighted by atomic mass is 32.1. The summed E-state index contributed by atoms with van der Waals surface area (Å²) in [7, 11) is 1.35. The van der Waals surface area contributed by atoms with Crippen LogP contribution in [0.2, 0.25) is 0 Å². The highest BCUT2D eigenvalue weighted by Gasteiger charge is 2.22. The molecular weight excluding hydrogens is 458 g/mol. The third-order valence-corrected chi connectivity index (χ3v) is 6.89. The van der Waals surface area contributed by atoms with Crippen LogP contribution in [0.15, 0.2) is 30.6 Å². The Kier molecular flexibility index (Phi) is 5.09. The van der Waals surface area contributed by atoms with Crippen LogP contribution in [0.3, 0.4) is 0 Å². The topological polar surface area (TPSA) is 130 Å². The zero-order valence-corrected chi connectivity index (χ0v) is 19.6. The van der Waals surface area contributed by atoms with Gasteiger partial charge in [-0.25, -0.2) is 19.3 Å². The molecule has 0 atom stereocenters. The van der Waals surface area contributed by atoms with Crippen molar-refractivity contribution in [3.63, 3.8) is 0 Å². The molecule has 34 heavy (non-hydrogen) atoms. The number of hydrogen-bond acceptors (Lipinski definition) is 9. The van der Waals surface area contributed by atoms with E-state index in [-0.39, 0.29) is 5.69 Å². The van der Waals surface area contributed by atoms with E-state index in [9.17, 15) is 14.9 Å². The van der Waals surface area contributed by atoms with Crippen molar-refractivity contribution in [2.75, 3.05) is 7.11 Å². The number of nitro groups is 1. The molecule has 0 spiro atoms. The third-order valence-electron chi connectivity index (χ3n) is 5.71. The minimum Gasteiger partial charge on any atom is -0.465 e. The molecule has 0 N–H and O–H groups in total. The van der Waals surface area contributed by atoms with Crippen LogP contribution in [-0.2, 0) is 11.3 Å². The molecular formula is C22H19N7O4S. The fraction of sp³-hybridized carbons (Fsp3) is 0.227. The number of thiophene rings is 1. The van der Waals surface area contributed by atoms with Crippen LogP contribution in [0, 0.1) is 30.9 Å². The van der Waals surface area contributed by atoms with E-state index in [1.165, 1.54) is 18.4 Å². The first-order valence-corrected chi connectivity index (χ1v) is 11.1. The van der Waals surface area contributed by atoms with Crippen molar-refractivity contribution in [1.29, 1.82) is 0 Å². The summed E-state index contributed by atoms with van der Waals surface area (Å²) in [5, 5.41) is 20.9. The predicted molar refractivity (Wildman–Crippen MR) is 125 cm³/mol. The predicted octanol–water partition coefficient (Wildman–Crippen LogP) is 3.87. The fourth-order valence-corrected chi connectivity index (χ4v) is 5.04. The summed E-state index contributed by atoms with van der Waals surface area (Å²) in [6, 6.07) is 7.63. The number of aryl methyl sites for hydroxylation is 2. The summed E-state index contributed by atoms with van der Waals surface area (Å²) >= 11 is 1.27. The Morgan fingerprint density at radius 2 is 1.91 bits per heavy atom. The summed E-state index contributed by atoms with van der Waals surface area (Å²) in [4.78, 5) is 33.2. The van der Waals surface area contributed by atoms with Crippen molar-refractivity contribution in [3.05, 3.63) is 68.1 Å². The molecule has 12 heteroatoms. The minimum atomic E-state index is -0.401. The SMILES string of the molecule is COC(=O)c1sc2ncn3nc(-c4ccc(Cn5nc(C)c([N+](=O)[O-])c5C)cc4)nc3c2c1C. The number of carbonyl (C=O) groups is 1. The largest absolute Gasteiger partial charge is 0.465 e. The van der Waals surface area contributed by atoms with E-state index >= 15 is 0 Å². The average Bonchev–Trinajstić information content (AvgIpc) is 3.47. The molecule has 4 aromatic heterocycles.